The van der Waals surface area contributed by atoms with Crippen molar-refractivity contribution in [1.82, 2.24) is 9.21 Å². The lowest BCUT2D eigenvalue weighted by molar-refractivity contribution is -0.0261. The number of fused-ring (bicyclic) bond motifs is 1. The maximum absolute atomic E-state index is 13.7. The lowest BCUT2D eigenvalue weighted by atomic mass is 9.74. The van der Waals surface area contributed by atoms with Crippen molar-refractivity contribution in [3.05, 3.63) is 89.0 Å². The van der Waals surface area contributed by atoms with Gasteiger partial charge in [0.2, 0.25) is 10.0 Å². The minimum Gasteiger partial charge on any atom is -0.329 e. The van der Waals surface area contributed by atoms with Gasteiger partial charge < -0.3 is 5.73 Å². The van der Waals surface area contributed by atoms with Crippen LogP contribution in [0.2, 0.25) is 0 Å². The zero-order chi connectivity index (χ0) is 25.4. The van der Waals surface area contributed by atoms with E-state index >= 15 is 0 Å². The number of hydrogen-bond donors (Lipinski definition) is 1. The Morgan fingerprint density at radius 3 is 2.28 bits per heavy atom. The van der Waals surface area contributed by atoms with Crippen LogP contribution >= 0.6 is 0 Å². The summed E-state index contributed by atoms with van der Waals surface area (Å²) in [6.45, 7) is 8.80. The summed E-state index contributed by atoms with van der Waals surface area (Å²) >= 11 is 0. The van der Waals surface area contributed by atoms with E-state index in [1.807, 2.05) is 25.1 Å². The predicted molar refractivity (Wildman–Crippen MR) is 147 cm³/mol. The number of aryl methyl sites for hydroxylation is 2. The van der Waals surface area contributed by atoms with Crippen molar-refractivity contribution in [2.45, 2.75) is 56.5 Å². The summed E-state index contributed by atoms with van der Waals surface area (Å²) in [7, 11) is -3.56. The first-order valence-corrected chi connectivity index (χ1v) is 14.4. The Kier molecular flexibility index (Phi) is 7.05. The first-order chi connectivity index (χ1) is 17.3. The van der Waals surface area contributed by atoms with Crippen LogP contribution in [0.25, 0.3) is 11.1 Å². The fourth-order valence-electron chi connectivity index (χ4n) is 6.12. The Morgan fingerprint density at radius 1 is 0.861 bits per heavy atom. The first-order valence-electron chi connectivity index (χ1n) is 13.0. The molecule has 5 nitrogen and oxygen atoms in total. The van der Waals surface area contributed by atoms with Gasteiger partial charge in [-0.1, -0.05) is 60.7 Å². The van der Waals surface area contributed by atoms with Crippen LogP contribution in [0.3, 0.4) is 0 Å². The summed E-state index contributed by atoms with van der Waals surface area (Å²) in [4.78, 5) is 2.87. The van der Waals surface area contributed by atoms with E-state index < -0.39 is 10.0 Å². The molecule has 0 bridgehead atoms. The number of sulfonamides is 1. The molecule has 5 rings (SSSR count). The molecule has 36 heavy (non-hydrogen) atoms. The fourth-order valence-corrected chi connectivity index (χ4v) is 7.85. The van der Waals surface area contributed by atoms with Crippen LogP contribution in [-0.4, -0.2) is 55.9 Å². The van der Waals surface area contributed by atoms with E-state index in [1.165, 1.54) is 27.8 Å². The third-order valence-electron chi connectivity index (χ3n) is 8.31. The Morgan fingerprint density at radius 2 is 1.56 bits per heavy atom. The molecule has 2 aliphatic rings. The largest absolute Gasteiger partial charge is 0.329 e. The van der Waals surface area contributed by atoms with Gasteiger partial charge in [0.15, 0.2) is 0 Å². The third-order valence-corrected chi connectivity index (χ3v) is 10.3. The minimum absolute atomic E-state index is 0.129. The van der Waals surface area contributed by atoms with Crippen molar-refractivity contribution in [3.63, 3.8) is 0 Å². The molecule has 190 valence electrons. The van der Waals surface area contributed by atoms with Crippen LogP contribution in [0, 0.1) is 20.8 Å². The van der Waals surface area contributed by atoms with E-state index in [-0.39, 0.29) is 18.0 Å². The van der Waals surface area contributed by atoms with Gasteiger partial charge in [0.1, 0.15) is 0 Å². The Labute approximate surface area is 216 Å². The number of hydrogen-bond acceptors (Lipinski definition) is 4. The third kappa shape index (κ3) is 4.41. The molecular weight excluding hydrogens is 466 g/mol. The number of benzene rings is 3. The highest BCUT2D eigenvalue weighted by atomic mass is 32.2. The molecule has 6 heteroatoms. The summed E-state index contributed by atoms with van der Waals surface area (Å²) in [6.07, 6.45) is 1.84. The van der Waals surface area contributed by atoms with Crippen LogP contribution in [-0.2, 0) is 10.0 Å². The Hall–Kier alpha value is -2.51. The topological polar surface area (TPSA) is 66.6 Å². The molecule has 2 heterocycles. The van der Waals surface area contributed by atoms with E-state index in [4.69, 9.17) is 5.73 Å². The molecule has 3 atom stereocenters. The van der Waals surface area contributed by atoms with E-state index in [0.29, 0.717) is 24.5 Å². The molecule has 3 aromatic carbocycles. The maximum Gasteiger partial charge on any atom is 0.243 e. The molecule has 2 aliphatic heterocycles. The SMILES string of the molecule is Cc1ccccc1S(=O)(=O)N1CCCCN2C(C1)[C@H](c1ccc(-c3cccc(C)c3C)cc1)[C@H]2CN. The van der Waals surface area contributed by atoms with Crippen molar-refractivity contribution < 1.29 is 8.42 Å². The van der Waals surface area contributed by atoms with Gasteiger partial charge in [0.05, 0.1) is 4.90 Å². The van der Waals surface area contributed by atoms with Crippen LogP contribution in [0.5, 0.6) is 0 Å². The monoisotopic (exact) mass is 503 g/mol. The summed E-state index contributed by atoms with van der Waals surface area (Å²) in [6, 6.07) is 23.0. The average molecular weight is 504 g/mol. The van der Waals surface area contributed by atoms with Gasteiger partial charge in [-0.15, -0.1) is 0 Å². The van der Waals surface area contributed by atoms with Crippen molar-refractivity contribution in [3.8, 4) is 11.1 Å². The molecule has 2 fully saturated rings. The lowest BCUT2D eigenvalue weighted by Gasteiger charge is -2.57. The molecule has 0 aliphatic carbocycles. The molecule has 0 saturated carbocycles. The van der Waals surface area contributed by atoms with Gasteiger partial charge in [-0.2, -0.15) is 4.31 Å². The molecule has 0 radical (unpaired) electrons. The predicted octanol–water partition coefficient (Wildman–Crippen LogP) is 4.86. The zero-order valence-corrected chi connectivity index (χ0v) is 22.3. The highest BCUT2D eigenvalue weighted by Gasteiger charge is 2.50. The van der Waals surface area contributed by atoms with Gasteiger partial charge in [-0.3, -0.25) is 4.90 Å². The lowest BCUT2D eigenvalue weighted by Crippen LogP contribution is -2.68. The van der Waals surface area contributed by atoms with Crippen LogP contribution in [0.4, 0.5) is 0 Å². The molecule has 0 amide bonds. The smallest absolute Gasteiger partial charge is 0.243 e. The van der Waals surface area contributed by atoms with E-state index in [2.05, 4.69) is 61.2 Å². The summed E-state index contributed by atoms with van der Waals surface area (Å²) in [5.41, 5.74) is 13.4. The first kappa shape index (κ1) is 25.2. The maximum atomic E-state index is 13.7. The van der Waals surface area contributed by atoms with Gasteiger partial charge in [-0.05, 0) is 79.6 Å². The Balaban J connectivity index is 1.44. The molecular formula is C30H37N3O2S. The van der Waals surface area contributed by atoms with Crippen molar-refractivity contribution in [2.24, 2.45) is 5.73 Å². The second-order valence-electron chi connectivity index (χ2n) is 10.3. The quantitative estimate of drug-likeness (QED) is 0.540. The normalized spacial score (nSPS) is 23.4. The van der Waals surface area contributed by atoms with Crippen LogP contribution < -0.4 is 5.73 Å². The second kappa shape index (κ2) is 10.1. The number of rotatable bonds is 5. The molecule has 2 saturated heterocycles. The van der Waals surface area contributed by atoms with E-state index in [0.717, 1.165) is 24.9 Å². The zero-order valence-electron chi connectivity index (χ0n) is 21.5. The van der Waals surface area contributed by atoms with E-state index in [9.17, 15) is 8.42 Å². The molecule has 3 aromatic rings. The average Bonchev–Trinajstić information content (AvgIpc) is 2.85. The molecule has 0 aromatic heterocycles. The van der Waals surface area contributed by atoms with Crippen molar-refractivity contribution >= 4 is 10.0 Å². The van der Waals surface area contributed by atoms with Crippen LogP contribution in [0.1, 0.15) is 41.0 Å². The standard InChI is InChI=1S/C30H37N3O2S/c1-21-10-8-11-26(23(21)3)24-13-15-25(16-14-24)30-27(19-31)33-18-7-6-17-32(20-28(30)33)36(34,35)29-12-5-4-9-22(29)2/h4-5,8-16,27-28,30H,6-7,17-20,31H2,1-3H3/t27-,28?,30-/m1/s1. The molecule has 1 unspecified atom stereocenters. The second-order valence-corrected chi connectivity index (χ2v) is 12.2. The van der Waals surface area contributed by atoms with E-state index in [1.54, 1.807) is 10.4 Å². The summed E-state index contributed by atoms with van der Waals surface area (Å²) < 4.78 is 29.1. The minimum atomic E-state index is -3.56. The highest BCUT2D eigenvalue weighted by molar-refractivity contribution is 7.89. The van der Waals surface area contributed by atoms with Gasteiger partial charge >= 0.3 is 0 Å². The fraction of sp³-hybridized carbons (Fsp3) is 0.400. The van der Waals surface area contributed by atoms with Gasteiger partial charge in [0, 0.05) is 37.6 Å². The van der Waals surface area contributed by atoms with Crippen molar-refractivity contribution in [1.29, 1.82) is 0 Å². The van der Waals surface area contributed by atoms with Gasteiger partial charge in [-0.25, -0.2) is 8.42 Å². The molecule has 2 N–H and O–H groups in total. The Bertz CT molecular complexity index is 1340. The number of nitrogens with zero attached hydrogens (tertiary/aromatic N) is 2. The summed E-state index contributed by atoms with van der Waals surface area (Å²) in [5.74, 6) is 0.218. The van der Waals surface area contributed by atoms with Crippen molar-refractivity contribution in [2.75, 3.05) is 26.2 Å². The van der Waals surface area contributed by atoms with Crippen LogP contribution in [0.15, 0.2) is 71.6 Å². The molecule has 0 spiro atoms. The summed E-state index contributed by atoms with van der Waals surface area (Å²) in [5, 5.41) is 0. The number of nitrogens with two attached hydrogens (primary N) is 1. The van der Waals surface area contributed by atoms with Gasteiger partial charge in [0.25, 0.3) is 0 Å². The highest BCUT2D eigenvalue weighted by Crippen LogP contribution is 2.43.